The number of nitrogens with one attached hydrogen (secondary N) is 1. The summed E-state index contributed by atoms with van der Waals surface area (Å²) in [5.41, 5.74) is 3.75. The van der Waals surface area contributed by atoms with Gasteiger partial charge in [0.2, 0.25) is 0 Å². The minimum atomic E-state index is 0.120. The predicted molar refractivity (Wildman–Crippen MR) is 89.0 cm³/mol. The monoisotopic (exact) mass is 299 g/mol. The molecule has 0 saturated carbocycles. The molecule has 108 valence electrons. The number of hydrogen-bond donors (Lipinski definition) is 1. The summed E-state index contributed by atoms with van der Waals surface area (Å²) in [5, 5.41) is 13.0. The molecule has 0 saturated heterocycles. The summed E-state index contributed by atoms with van der Waals surface area (Å²) in [5.74, 6) is 0. The molecule has 4 heteroatoms. The Morgan fingerprint density at radius 1 is 1.14 bits per heavy atom. The van der Waals surface area contributed by atoms with E-state index in [1.807, 2.05) is 61.5 Å². The number of benzene rings is 2. The predicted octanol–water partition coefficient (Wildman–Crippen LogP) is 4.45. The lowest BCUT2D eigenvalue weighted by molar-refractivity contribution is 0.882. The first kappa shape index (κ1) is 15.2. The van der Waals surface area contributed by atoms with E-state index in [1.54, 1.807) is 0 Å². The van der Waals surface area contributed by atoms with E-state index in [0.29, 0.717) is 5.56 Å². The molecule has 0 aliphatic heterocycles. The summed E-state index contributed by atoms with van der Waals surface area (Å²) in [6, 6.07) is 15.7. The molecule has 0 aromatic heterocycles. The maximum atomic E-state index is 8.84. The van der Waals surface area contributed by atoms with Crippen LogP contribution in [0.2, 0.25) is 5.02 Å². The van der Waals surface area contributed by atoms with Crippen LogP contribution >= 0.6 is 11.6 Å². The van der Waals surface area contributed by atoms with Gasteiger partial charge in [-0.2, -0.15) is 5.26 Å². The molecule has 0 radical (unpaired) electrons. The van der Waals surface area contributed by atoms with Crippen LogP contribution in [0, 0.1) is 11.3 Å². The van der Waals surface area contributed by atoms with Gasteiger partial charge >= 0.3 is 0 Å². The topological polar surface area (TPSA) is 39.1 Å². The van der Waals surface area contributed by atoms with Gasteiger partial charge in [-0.1, -0.05) is 29.8 Å². The number of nitrogens with zero attached hydrogens (tertiary/aromatic N) is 2. The van der Waals surface area contributed by atoms with Crippen molar-refractivity contribution in [2.75, 3.05) is 24.3 Å². The van der Waals surface area contributed by atoms with Gasteiger partial charge in [-0.25, -0.2) is 0 Å². The number of hydrogen-bond acceptors (Lipinski definition) is 3. The Balaban J connectivity index is 2.25. The van der Waals surface area contributed by atoms with E-state index >= 15 is 0 Å². The lowest BCUT2D eigenvalue weighted by Gasteiger charge is -2.23. The highest BCUT2D eigenvalue weighted by molar-refractivity contribution is 6.34. The molecule has 0 bridgehead atoms. The van der Waals surface area contributed by atoms with Crippen molar-refractivity contribution in [3.05, 3.63) is 58.6 Å². The van der Waals surface area contributed by atoms with Crippen LogP contribution in [-0.2, 0) is 0 Å². The van der Waals surface area contributed by atoms with Gasteiger partial charge in [-0.15, -0.1) is 0 Å². The fraction of sp³-hybridized carbons (Fsp3) is 0.235. The summed E-state index contributed by atoms with van der Waals surface area (Å²) in [6.07, 6.45) is 0. The van der Waals surface area contributed by atoms with Gasteiger partial charge in [-0.05, 0) is 36.8 Å². The van der Waals surface area contributed by atoms with Crippen LogP contribution in [0.3, 0.4) is 0 Å². The van der Waals surface area contributed by atoms with Crippen molar-refractivity contribution in [1.29, 1.82) is 5.26 Å². The summed E-state index contributed by atoms with van der Waals surface area (Å²) in [6.45, 7) is 2.09. The van der Waals surface area contributed by atoms with Gasteiger partial charge in [0.05, 0.1) is 28.0 Å². The molecule has 2 aromatic rings. The third-order valence-corrected chi connectivity index (χ3v) is 3.65. The first-order valence-electron chi connectivity index (χ1n) is 6.75. The first-order chi connectivity index (χ1) is 10.0. The smallest absolute Gasteiger partial charge is 0.0991 e. The van der Waals surface area contributed by atoms with Crippen molar-refractivity contribution in [3.8, 4) is 6.07 Å². The molecule has 0 heterocycles. The molecule has 21 heavy (non-hydrogen) atoms. The minimum Gasteiger partial charge on any atom is -0.377 e. The number of nitriles is 1. The van der Waals surface area contributed by atoms with Crippen LogP contribution in [-0.4, -0.2) is 14.1 Å². The molecule has 0 aliphatic carbocycles. The van der Waals surface area contributed by atoms with Crippen molar-refractivity contribution in [1.82, 2.24) is 0 Å². The third-order valence-electron chi connectivity index (χ3n) is 3.35. The van der Waals surface area contributed by atoms with E-state index < -0.39 is 0 Å². The van der Waals surface area contributed by atoms with Gasteiger partial charge in [0.1, 0.15) is 0 Å². The van der Waals surface area contributed by atoms with Crippen molar-refractivity contribution >= 4 is 23.0 Å². The lowest BCUT2D eigenvalue weighted by atomic mass is 10.1. The number of halogens is 1. The molecule has 3 nitrogen and oxygen atoms in total. The van der Waals surface area contributed by atoms with Gasteiger partial charge in [0.25, 0.3) is 0 Å². The zero-order valence-corrected chi connectivity index (χ0v) is 13.1. The van der Waals surface area contributed by atoms with E-state index in [4.69, 9.17) is 16.9 Å². The second kappa shape index (κ2) is 6.51. The highest BCUT2D eigenvalue weighted by atomic mass is 35.5. The van der Waals surface area contributed by atoms with Crippen molar-refractivity contribution < 1.29 is 0 Å². The van der Waals surface area contributed by atoms with Crippen molar-refractivity contribution in [2.45, 2.75) is 13.0 Å². The zero-order valence-electron chi connectivity index (χ0n) is 12.4. The maximum Gasteiger partial charge on any atom is 0.0991 e. The molecule has 0 spiro atoms. The summed E-state index contributed by atoms with van der Waals surface area (Å²) in [4.78, 5) is 2.00. The van der Waals surface area contributed by atoms with Crippen LogP contribution in [0.15, 0.2) is 42.5 Å². The Morgan fingerprint density at radius 3 is 2.38 bits per heavy atom. The average molecular weight is 300 g/mol. The molecule has 2 rings (SSSR count). The molecule has 0 amide bonds. The fourth-order valence-electron chi connectivity index (χ4n) is 2.25. The van der Waals surface area contributed by atoms with Gasteiger partial charge in [0, 0.05) is 20.1 Å². The van der Waals surface area contributed by atoms with Gasteiger partial charge < -0.3 is 10.2 Å². The quantitative estimate of drug-likeness (QED) is 0.906. The molecule has 0 fully saturated rings. The van der Waals surface area contributed by atoms with E-state index in [9.17, 15) is 0 Å². The summed E-state index contributed by atoms with van der Waals surface area (Å²) >= 11 is 6.28. The van der Waals surface area contributed by atoms with Crippen molar-refractivity contribution in [3.63, 3.8) is 0 Å². The van der Waals surface area contributed by atoms with Crippen LogP contribution in [0.4, 0.5) is 11.4 Å². The molecule has 2 aromatic carbocycles. The van der Waals surface area contributed by atoms with Crippen LogP contribution in [0.25, 0.3) is 0 Å². The van der Waals surface area contributed by atoms with Gasteiger partial charge in [0.15, 0.2) is 0 Å². The Morgan fingerprint density at radius 2 is 1.81 bits per heavy atom. The Kier molecular flexibility index (Phi) is 4.72. The van der Waals surface area contributed by atoms with E-state index in [0.717, 1.165) is 22.0 Å². The standard InChI is InChI=1S/C17H18ClN3/c1-12(14-9-7-13(11-19)8-10-14)20-16-6-4-5-15(18)17(16)21(2)3/h4-10,12,20H,1-3H3. The molecule has 0 aliphatic rings. The largest absolute Gasteiger partial charge is 0.377 e. The summed E-state index contributed by atoms with van der Waals surface area (Å²) < 4.78 is 0. The van der Waals surface area contributed by atoms with Crippen molar-refractivity contribution in [2.24, 2.45) is 0 Å². The second-order valence-corrected chi connectivity index (χ2v) is 5.54. The van der Waals surface area contributed by atoms with Crippen LogP contribution in [0.1, 0.15) is 24.1 Å². The Labute approximate surface area is 130 Å². The van der Waals surface area contributed by atoms with E-state index in [-0.39, 0.29) is 6.04 Å². The Hall–Kier alpha value is -2.18. The van der Waals surface area contributed by atoms with Crippen LogP contribution in [0.5, 0.6) is 0 Å². The molecular weight excluding hydrogens is 282 g/mol. The average Bonchev–Trinajstić information content (AvgIpc) is 2.47. The molecule has 1 N–H and O–H groups in total. The third kappa shape index (κ3) is 3.48. The number of para-hydroxylation sites is 1. The van der Waals surface area contributed by atoms with E-state index in [1.165, 1.54) is 0 Å². The minimum absolute atomic E-state index is 0.120. The van der Waals surface area contributed by atoms with Gasteiger partial charge in [-0.3, -0.25) is 0 Å². The molecular formula is C17H18ClN3. The lowest BCUT2D eigenvalue weighted by Crippen LogP contribution is -2.14. The van der Waals surface area contributed by atoms with E-state index in [2.05, 4.69) is 18.3 Å². The number of anilines is 2. The SMILES string of the molecule is CC(Nc1cccc(Cl)c1N(C)C)c1ccc(C#N)cc1. The van der Waals surface area contributed by atoms with Crippen LogP contribution < -0.4 is 10.2 Å². The normalized spacial score (nSPS) is 11.6. The highest BCUT2D eigenvalue weighted by Crippen LogP contribution is 2.34. The first-order valence-corrected chi connectivity index (χ1v) is 7.13. The fourth-order valence-corrected chi connectivity index (χ4v) is 2.59. The zero-order chi connectivity index (χ0) is 15.4. The highest BCUT2D eigenvalue weighted by Gasteiger charge is 2.12. The second-order valence-electron chi connectivity index (χ2n) is 5.13. The Bertz CT molecular complexity index is 657. The molecule has 1 unspecified atom stereocenters. The summed E-state index contributed by atoms with van der Waals surface area (Å²) in [7, 11) is 3.94. The maximum absolute atomic E-state index is 8.84. The number of rotatable bonds is 4. The molecule has 1 atom stereocenters.